The second kappa shape index (κ2) is 7.97. The lowest BCUT2D eigenvalue weighted by Gasteiger charge is -2.17. The van der Waals surface area contributed by atoms with Gasteiger partial charge in [-0.05, 0) is 24.6 Å². The summed E-state index contributed by atoms with van der Waals surface area (Å²) < 4.78 is 4.84. The maximum atomic E-state index is 11.8. The highest BCUT2D eigenvalue weighted by molar-refractivity contribution is 5.98. The van der Waals surface area contributed by atoms with E-state index in [1.807, 2.05) is 6.07 Å². The summed E-state index contributed by atoms with van der Waals surface area (Å²) in [7, 11) is 1.49. The Labute approximate surface area is 130 Å². The smallest absolute Gasteiger partial charge is 0.243 e. The van der Waals surface area contributed by atoms with E-state index in [2.05, 4.69) is 5.32 Å². The number of nitrogens with zero attached hydrogens (tertiary/aromatic N) is 1. The number of benzene rings is 1. The lowest BCUT2D eigenvalue weighted by molar-refractivity contribution is -0.118. The number of rotatable bonds is 5. The molecular weight excluding hydrogens is 294 g/mol. The molecule has 1 aromatic rings. The molecule has 6 nitrogen and oxygen atoms in total. The van der Waals surface area contributed by atoms with Gasteiger partial charge in [-0.3, -0.25) is 9.59 Å². The van der Waals surface area contributed by atoms with E-state index >= 15 is 0 Å². The first-order valence-electron chi connectivity index (χ1n) is 6.57. The van der Waals surface area contributed by atoms with Gasteiger partial charge in [-0.15, -0.1) is 12.4 Å². The van der Waals surface area contributed by atoms with Gasteiger partial charge in [0.2, 0.25) is 11.8 Å². The summed E-state index contributed by atoms with van der Waals surface area (Å²) >= 11 is 0. The minimum absolute atomic E-state index is 0. The fourth-order valence-electron chi connectivity index (χ4n) is 2.16. The van der Waals surface area contributed by atoms with Gasteiger partial charge >= 0.3 is 0 Å². The Morgan fingerprint density at radius 3 is 2.90 bits per heavy atom. The number of carbonyl (C=O) groups excluding carboxylic acids is 2. The number of ether oxygens (including phenoxy) is 1. The Morgan fingerprint density at radius 2 is 2.29 bits per heavy atom. The van der Waals surface area contributed by atoms with Crippen LogP contribution in [0.5, 0.6) is 0 Å². The summed E-state index contributed by atoms with van der Waals surface area (Å²) in [5, 5.41) is 2.72. The monoisotopic (exact) mass is 313 g/mol. The van der Waals surface area contributed by atoms with Gasteiger partial charge in [-0.1, -0.05) is 6.07 Å². The van der Waals surface area contributed by atoms with E-state index in [1.165, 1.54) is 7.11 Å². The summed E-state index contributed by atoms with van der Waals surface area (Å²) in [5.74, 6) is -0.193. The van der Waals surface area contributed by atoms with Crippen molar-refractivity contribution in [1.82, 2.24) is 0 Å². The molecule has 0 spiro atoms. The molecule has 1 unspecified atom stereocenters. The number of hydrogen-bond donors (Lipinski definition) is 2. The lowest BCUT2D eigenvalue weighted by Crippen LogP contribution is -2.39. The highest BCUT2D eigenvalue weighted by atomic mass is 35.5. The fraction of sp³-hybridized carbons (Fsp3) is 0.429. The van der Waals surface area contributed by atoms with Crippen LogP contribution in [0.4, 0.5) is 11.4 Å². The largest absolute Gasteiger partial charge is 0.383 e. The van der Waals surface area contributed by atoms with Gasteiger partial charge in [-0.25, -0.2) is 0 Å². The van der Waals surface area contributed by atoms with Crippen LogP contribution >= 0.6 is 12.4 Å². The van der Waals surface area contributed by atoms with Gasteiger partial charge in [0, 0.05) is 31.5 Å². The topological polar surface area (TPSA) is 84.7 Å². The average Bonchev–Trinajstić information content (AvgIpc) is 2.85. The predicted molar refractivity (Wildman–Crippen MR) is 83.8 cm³/mol. The second-order valence-electron chi connectivity index (χ2n) is 4.75. The minimum Gasteiger partial charge on any atom is -0.383 e. The van der Waals surface area contributed by atoms with Crippen molar-refractivity contribution in [3.63, 3.8) is 0 Å². The van der Waals surface area contributed by atoms with Crippen molar-refractivity contribution in [3.05, 3.63) is 24.3 Å². The molecule has 0 radical (unpaired) electrons. The number of carbonyl (C=O) groups is 2. The maximum Gasteiger partial charge on any atom is 0.243 e. The van der Waals surface area contributed by atoms with Crippen LogP contribution in [0.25, 0.3) is 0 Å². The number of nitrogens with one attached hydrogen (secondary N) is 1. The molecule has 116 valence electrons. The molecule has 0 aliphatic carbocycles. The molecule has 1 fully saturated rings. The Hall–Kier alpha value is -1.63. The fourth-order valence-corrected chi connectivity index (χ4v) is 2.16. The SMILES string of the molecule is COCC(N)C(=O)Nc1cccc(N2CCCC2=O)c1.Cl. The number of amides is 2. The predicted octanol–water partition coefficient (Wildman–Crippen LogP) is 1.15. The molecule has 21 heavy (non-hydrogen) atoms. The van der Waals surface area contributed by atoms with Gasteiger partial charge in [-0.2, -0.15) is 0 Å². The van der Waals surface area contributed by atoms with Crippen molar-refractivity contribution in [3.8, 4) is 0 Å². The first kappa shape index (κ1) is 17.4. The molecule has 7 heteroatoms. The quantitative estimate of drug-likeness (QED) is 0.854. The molecule has 0 saturated carbocycles. The normalized spacial score (nSPS) is 15.5. The molecule has 1 atom stereocenters. The molecule has 1 heterocycles. The van der Waals surface area contributed by atoms with Gasteiger partial charge in [0.1, 0.15) is 6.04 Å². The Bertz CT molecular complexity index is 510. The zero-order chi connectivity index (χ0) is 14.5. The van der Waals surface area contributed by atoms with Crippen LogP contribution in [0.3, 0.4) is 0 Å². The average molecular weight is 314 g/mol. The maximum absolute atomic E-state index is 11.8. The van der Waals surface area contributed by atoms with E-state index in [-0.39, 0.29) is 30.8 Å². The van der Waals surface area contributed by atoms with Gasteiger partial charge in [0.05, 0.1) is 6.61 Å². The Morgan fingerprint density at radius 1 is 1.52 bits per heavy atom. The van der Waals surface area contributed by atoms with E-state index in [1.54, 1.807) is 23.1 Å². The first-order valence-corrected chi connectivity index (χ1v) is 6.57. The standard InChI is InChI=1S/C14H19N3O3.ClH/c1-20-9-12(15)14(19)16-10-4-2-5-11(8-10)17-7-3-6-13(17)18;/h2,4-5,8,12H,3,6-7,9,15H2,1H3,(H,16,19);1H. The molecule has 2 amide bonds. The number of hydrogen-bond acceptors (Lipinski definition) is 4. The molecule has 3 N–H and O–H groups in total. The third-order valence-corrected chi connectivity index (χ3v) is 3.18. The summed E-state index contributed by atoms with van der Waals surface area (Å²) in [6.45, 7) is 0.884. The summed E-state index contributed by atoms with van der Waals surface area (Å²) in [4.78, 5) is 25.2. The molecule has 2 rings (SSSR count). The van der Waals surface area contributed by atoms with Crippen LogP contribution in [0.2, 0.25) is 0 Å². The van der Waals surface area contributed by atoms with Crippen LogP contribution in [0.1, 0.15) is 12.8 Å². The second-order valence-corrected chi connectivity index (χ2v) is 4.75. The van der Waals surface area contributed by atoms with Crippen molar-refractivity contribution >= 4 is 35.6 Å². The molecule has 1 aliphatic heterocycles. The van der Waals surface area contributed by atoms with Gasteiger partial charge in [0.15, 0.2) is 0 Å². The summed E-state index contributed by atoms with van der Waals surface area (Å²) in [6, 6.07) is 6.49. The van der Waals surface area contributed by atoms with Crippen LogP contribution in [-0.2, 0) is 14.3 Å². The highest BCUT2D eigenvalue weighted by Gasteiger charge is 2.22. The van der Waals surface area contributed by atoms with Crippen LogP contribution in [-0.4, -0.2) is 38.1 Å². The van der Waals surface area contributed by atoms with Crippen molar-refractivity contribution in [2.24, 2.45) is 5.73 Å². The number of anilines is 2. The molecule has 1 saturated heterocycles. The summed E-state index contributed by atoms with van der Waals surface area (Å²) in [5.41, 5.74) is 7.08. The molecule has 1 aliphatic rings. The molecule has 1 aromatic carbocycles. The van der Waals surface area contributed by atoms with Crippen LogP contribution in [0.15, 0.2) is 24.3 Å². The number of halogens is 1. The zero-order valence-electron chi connectivity index (χ0n) is 11.9. The molecule has 0 bridgehead atoms. The lowest BCUT2D eigenvalue weighted by atomic mass is 10.2. The minimum atomic E-state index is -0.711. The van der Waals surface area contributed by atoms with Crippen LogP contribution in [0, 0.1) is 0 Å². The highest BCUT2D eigenvalue weighted by Crippen LogP contribution is 2.24. The summed E-state index contributed by atoms with van der Waals surface area (Å²) in [6.07, 6.45) is 1.45. The third-order valence-electron chi connectivity index (χ3n) is 3.18. The Kier molecular flexibility index (Phi) is 6.61. The van der Waals surface area contributed by atoms with E-state index in [0.29, 0.717) is 12.1 Å². The number of nitrogens with two attached hydrogens (primary N) is 1. The first-order chi connectivity index (χ1) is 9.61. The van der Waals surface area contributed by atoms with Gasteiger partial charge in [0.25, 0.3) is 0 Å². The number of methoxy groups -OCH3 is 1. The molecule has 0 aromatic heterocycles. The Balaban J connectivity index is 0.00000220. The van der Waals surface area contributed by atoms with Crippen molar-refractivity contribution in [1.29, 1.82) is 0 Å². The third kappa shape index (κ3) is 4.42. The zero-order valence-corrected chi connectivity index (χ0v) is 12.7. The van der Waals surface area contributed by atoms with E-state index in [4.69, 9.17) is 10.5 Å². The van der Waals surface area contributed by atoms with Crippen molar-refractivity contribution in [2.45, 2.75) is 18.9 Å². The van der Waals surface area contributed by atoms with Crippen molar-refractivity contribution in [2.75, 3.05) is 30.5 Å². The van der Waals surface area contributed by atoms with Gasteiger partial charge < -0.3 is 20.7 Å². The molecular formula is C14H20ClN3O3. The van der Waals surface area contributed by atoms with E-state index < -0.39 is 6.04 Å². The van der Waals surface area contributed by atoms with Crippen molar-refractivity contribution < 1.29 is 14.3 Å². The van der Waals surface area contributed by atoms with E-state index in [0.717, 1.165) is 18.7 Å². The van der Waals surface area contributed by atoms with E-state index in [9.17, 15) is 9.59 Å². The van der Waals surface area contributed by atoms with Crippen LogP contribution < -0.4 is 16.0 Å².